The molecule has 0 amide bonds. The van der Waals surface area contributed by atoms with Crippen molar-refractivity contribution in [2.75, 3.05) is 0 Å². The summed E-state index contributed by atoms with van der Waals surface area (Å²) in [5.74, 6) is 0. The van der Waals surface area contributed by atoms with E-state index < -0.39 is 0 Å². The molecule has 0 fully saturated rings. The minimum atomic E-state index is 0. The number of nitriles is 1. The summed E-state index contributed by atoms with van der Waals surface area (Å²) in [5.41, 5.74) is 0. The van der Waals surface area contributed by atoms with Gasteiger partial charge in [0.1, 0.15) is 0 Å². The zero-order chi connectivity index (χ0) is 2.71. The van der Waals surface area contributed by atoms with E-state index in [4.69, 9.17) is 10.4 Å². The van der Waals surface area contributed by atoms with Crippen molar-refractivity contribution in [3.8, 4) is 6.26 Å². The average Bonchev–Trinajstić information content (AvgIpc) is 0.918. The van der Waals surface area contributed by atoms with Crippen LogP contribution < -0.4 is 0 Å². The average molecular weight is 95.0 g/mol. The van der Waals surface area contributed by atoms with Gasteiger partial charge in [-0.05, 0) is 0 Å². The summed E-state index contributed by atoms with van der Waals surface area (Å²) in [6, 6.07) is 0. The normalized spacial score (nSPS) is 1.75. The van der Waals surface area contributed by atoms with Crippen LogP contribution in [0.1, 0.15) is 0 Å². The SMILES string of the molecule is N#CO.[Cr]. The topological polar surface area (TPSA) is 44.0 Å². The first-order chi connectivity index (χ1) is 1.41. The Kier molecular flexibility index (Phi) is 31.8. The van der Waals surface area contributed by atoms with Gasteiger partial charge in [0.25, 0.3) is 6.26 Å². The molecular formula is CHCrNO. The maximum Gasteiger partial charge on any atom is 0.283 e. The van der Waals surface area contributed by atoms with E-state index in [-0.39, 0.29) is 17.4 Å². The van der Waals surface area contributed by atoms with Gasteiger partial charge >= 0.3 is 0 Å². The van der Waals surface area contributed by atoms with Gasteiger partial charge in [0.2, 0.25) is 0 Å². The molecule has 0 aromatic heterocycles. The molecule has 2 nitrogen and oxygen atoms in total. The molecule has 0 radical (unpaired) electrons. The first-order valence-corrected chi connectivity index (χ1v) is 0.447. The number of aliphatic hydroxyl groups is 1. The summed E-state index contributed by atoms with van der Waals surface area (Å²) < 4.78 is 0. The Morgan fingerprint density at radius 1 is 1.75 bits per heavy atom. The molecule has 0 saturated carbocycles. The summed E-state index contributed by atoms with van der Waals surface area (Å²) in [7, 11) is 0. The van der Waals surface area contributed by atoms with Crippen molar-refractivity contribution in [2.45, 2.75) is 0 Å². The van der Waals surface area contributed by atoms with Crippen molar-refractivity contribution in [3.63, 3.8) is 0 Å². The van der Waals surface area contributed by atoms with E-state index in [1.807, 2.05) is 0 Å². The van der Waals surface area contributed by atoms with Gasteiger partial charge in [0.15, 0.2) is 0 Å². The molecule has 0 rings (SSSR count). The molecular weight excluding hydrogens is 94.0 g/mol. The number of nitrogens with zero attached hydrogens (tertiary/aromatic N) is 1. The molecule has 3 heteroatoms. The molecule has 0 aliphatic rings. The maximum atomic E-state index is 6.88. The first kappa shape index (κ1) is 9.17. The third kappa shape index (κ3) is 39.1. The molecule has 0 spiro atoms. The van der Waals surface area contributed by atoms with Gasteiger partial charge in [0.05, 0.1) is 0 Å². The smallest absolute Gasteiger partial charge is 0.283 e. The molecule has 0 aliphatic heterocycles. The number of hydrogen-bond donors (Lipinski definition) is 1. The zero-order valence-corrected chi connectivity index (χ0v) is 3.08. The molecule has 0 aromatic rings. The van der Waals surface area contributed by atoms with Gasteiger partial charge in [0, 0.05) is 17.4 Å². The Hall–Kier alpha value is -0.178. The first-order valence-electron chi connectivity index (χ1n) is 0.447. The fourth-order valence-corrected chi connectivity index (χ4v) is 0. The van der Waals surface area contributed by atoms with Gasteiger partial charge in [-0.3, -0.25) is 0 Å². The van der Waals surface area contributed by atoms with Gasteiger partial charge in [-0.15, -0.1) is 0 Å². The fourth-order valence-electron chi connectivity index (χ4n) is 0. The predicted molar refractivity (Wildman–Crippen MR) is 7.55 cm³/mol. The van der Waals surface area contributed by atoms with Gasteiger partial charge in [-0.1, -0.05) is 0 Å². The van der Waals surface area contributed by atoms with Crippen LogP contribution in [0.2, 0.25) is 0 Å². The largest absolute Gasteiger partial charge is 0.443 e. The van der Waals surface area contributed by atoms with Gasteiger partial charge in [-0.25, -0.2) is 0 Å². The Morgan fingerprint density at radius 3 is 1.75 bits per heavy atom. The van der Waals surface area contributed by atoms with E-state index in [9.17, 15) is 0 Å². The summed E-state index contributed by atoms with van der Waals surface area (Å²) in [6.45, 7) is 0. The van der Waals surface area contributed by atoms with E-state index in [0.717, 1.165) is 6.26 Å². The Balaban J connectivity index is 0. The van der Waals surface area contributed by atoms with Crippen LogP contribution >= 0.6 is 0 Å². The molecule has 0 aliphatic carbocycles. The number of aliphatic hydroxyl groups excluding tert-OH is 1. The monoisotopic (exact) mass is 94.9 g/mol. The Morgan fingerprint density at radius 2 is 1.75 bits per heavy atom. The number of hydrogen-bond acceptors (Lipinski definition) is 2. The van der Waals surface area contributed by atoms with Crippen LogP contribution in [-0.2, 0) is 17.4 Å². The van der Waals surface area contributed by atoms with Crippen molar-refractivity contribution in [3.05, 3.63) is 0 Å². The standard InChI is InChI=1S/CHNO.Cr/c2-1-3;/h3H;. The second kappa shape index (κ2) is 13.9. The second-order valence-electron chi connectivity index (χ2n) is 0.100. The van der Waals surface area contributed by atoms with Crippen LogP contribution in [0, 0.1) is 11.5 Å². The third-order valence-electron chi connectivity index (χ3n) is 0. The Bertz CT molecular complexity index is 29.5. The van der Waals surface area contributed by atoms with E-state index in [1.165, 1.54) is 0 Å². The summed E-state index contributed by atoms with van der Waals surface area (Å²) in [6.07, 6.45) is 0.750. The summed E-state index contributed by atoms with van der Waals surface area (Å²) in [4.78, 5) is 0. The minimum Gasteiger partial charge on any atom is -0.443 e. The van der Waals surface area contributed by atoms with Crippen molar-refractivity contribution in [2.24, 2.45) is 0 Å². The molecule has 0 aromatic carbocycles. The van der Waals surface area contributed by atoms with Gasteiger partial charge < -0.3 is 5.11 Å². The van der Waals surface area contributed by atoms with E-state index in [1.54, 1.807) is 0 Å². The van der Waals surface area contributed by atoms with Crippen LogP contribution in [0.25, 0.3) is 0 Å². The summed E-state index contributed by atoms with van der Waals surface area (Å²) in [5, 5.41) is 13.8. The predicted octanol–water partition coefficient (Wildman–Crippen LogP) is -0.163. The van der Waals surface area contributed by atoms with Crippen LogP contribution in [0.4, 0.5) is 0 Å². The molecule has 0 heterocycles. The Labute approximate surface area is 34.8 Å². The second-order valence-corrected chi connectivity index (χ2v) is 0.100. The zero-order valence-electron chi connectivity index (χ0n) is 1.80. The molecule has 0 unspecified atom stereocenters. The molecule has 1 N–H and O–H groups in total. The number of rotatable bonds is 0. The van der Waals surface area contributed by atoms with E-state index >= 15 is 0 Å². The minimum absolute atomic E-state index is 0. The van der Waals surface area contributed by atoms with Crippen molar-refractivity contribution < 1.29 is 22.5 Å². The van der Waals surface area contributed by atoms with Crippen LogP contribution in [0.5, 0.6) is 0 Å². The molecule has 22 valence electrons. The van der Waals surface area contributed by atoms with Crippen LogP contribution in [0.15, 0.2) is 0 Å². The maximum absolute atomic E-state index is 6.88. The quantitative estimate of drug-likeness (QED) is 0.425. The van der Waals surface area contributed by atoms with Crippen LogP contribution in [0.3, 0.4) is 0 Å². The molecule has 0 atom stereocenters. The molecule has 4 heavy (non-hydrogen) atoms. The summed E-state index contributed by atoms with van der Waals surface area (Å²) >= 11 is 0. The fraction of sp³-hybridized carbons (Fsp3) is 0. The third-order valence-corrected chi connectivity index (χ3v) is 0. The van der Waals surface area contributed by atoms with Crippen molar-refractivity contribution in [1.29, 1.82) is 5.26 Å². The van der Waals surface area contributed by atoms with E-state index in [0.29, 0.717) is 0 Å². The van der Waals surface area contributed by atoms with Crippen molar-refractivity contribution >= 4 is 0 Å². The van der Waals surface area contributed by atoms with Crippen LogP contribution in [-0.4, -0.2) is 5.11 Å². The molecule has 0 bridgehead atoms. The van der Waals surface area contributed by atoms with Gasteiger partial charge in [-0.2, -0.15) is 5.26 Å². The van der Waals surface area contributed by atoms with E-state index in [2.05, 4.69) is 0 Å². The van der Waals surface area contributed by atoms with Crippen molar-refractivity contribution in [1.82, 2.24) is 0 Å². The molecule has 0 saturated heterocycles.